The number of aromatic carboxylic acids is 1. The molecule has 0 fully saturated rings. The van der Waals surface area contributed by atoms with Crippen LogP contribution in [0.25, 0.3) is 0 Å². The molecule has 0 aliphatic rings. The second-order valence-electron chi connectivity index (χ2n) is 4.12. The molecule has 2 rings (SSSR count). The number of ether oxygens (including phenoxy) is 2. The summed E-state index contributed by atoms with van der Waals surface area (Å²) in [5, 5.41) is 14.4. The summed E-state index contributed by atoms with van der Waals surface area (Å²) < 4.78 is 10.4. The topological polar surface area (TPSA) is 67.8 Å². The quantitative estimate of drug-likeness (QED) is 0.846. The summed E-state index contributed by atoms with van der Waals surface area (Å²) in [6.45, 7) is 0.367. The number of carbonyl (C=O) groups is 1. The summed E-state index contributed by atoms with van der Waals surface area (Å²) >= 11 is 7.23. The average molecular weight is 328 g/mol. The van der Waals surface area contributed by atoms with Crippen molar-refractivity contribution in [1.29, 1.82) is 0 Å². The van der Waals surface area contributed by atoms with Gasteiger partial charge in [-0.2, -0.15) is 0 Å². The number of halogens is 1. The minimum atomic E-state index is -0.928. The molecule has 1 aromatic carbocycles. The van der Waals surface area contributed by atoms with Gasteiger partial charge in [-0.3, -0.25) is 0 Å². The van der Waals surface area contributed by atoms with Crippen LogP contribution in [0.15, 0.2) is 23.6 Å². The van der Waals surface area contributed by atoms with E-state index in [4.69, 9.17) is 26.2 Å². The maximum atomic E-state index is 11.1. The van der Waals surface area contributed by atoms with Gasteiger partial charge in [-0.05, 0) is 17.0 Å². The van der Waals surface area contributed by atoms with E-state index in [2.05, 4.69) is 5.32 Å². The third-order valence-electron chi connectivity index (χ3n) is 2.88. The number of nitrogens with one attached hydrogen (secondary N) is 1. The molecule has 1 aromatic heterocycles. The third-order valence-corrected chi connectivity index (χ3v) is 4.12. The van der Waals surface area contributed by atoms with Gasteiger partial charge in [-0.25, -0.2) is 4.79 Å². The first-order valence-corrected chi connectivity index (χ1v) is 7.27. The lowest BCUT2D eigenvalue weighted by Crippen LogP contribution is -2.05. The highest BCUT2D eigenvalue weighted by atomic mass is 35.5. The molecule has 0 bridgehead atoms. The van der Waals surface area contributed by atoms with E-state index in [1.165, 1.54) is 25.6 Å². The van der Waals surface area contributed by atoms with Crippen molar-refractivity contribution in [3.05, 3.63) is 39.0 Å². The van der Waals surface area contributed by atoms with Gasteiger partial charge in [0.15, 0.2) is 0 Å². The van der Waals surface area contributed by atoms with Gasteiger partial charge in [-0.15, -0.1) is 11.3 Å². The van der Waals surface area contributed by atoms with Crippen molar-refractivity contribution in [2.24, 2.45) is 0 Å². The fourth-order valence-corrected chi connectivity index (χ4v) is 2.84. The summed E-state index contributed by atoms with van der Waals surface area (Å²) in [6.07, 6.45) is 0. The molecule has 0 aliphatic carbocycles. The van der Waals surface area contributed by atoms with Crippen LogP contribution < -0.4 is 14.8 Å². The van der Waals surface area contributed by atoms with Gasteiger partial charge in [0.1, 0.15) is 16.4 Å². The lowest BCUT2D eigenvalue weighted by atomic mass is 10.2. The molecule has 2 N–H and O–H groups in total. The number of rotatable bonds is 6. The second-order valence-corrected chi connectivity index (χ2v) is 5.44. The van der Waals surface area contributed by atoms with Crippen LogP contribution in [-0.4, -0.2) is 25.3 Å². The lowest BCUT2D eigenvalue weighted by Gasteiger charge is -2.13. The summed E-state index contributed by atoms with van der Waals surface area (Å²) in [7, 11) is 3.06. The van der Waals surface area contributed by atoms with Gasteiger partial charge in [0.2, 0.25) is 0 Å². The van der Waals surface area contributed by atoms with Crippen LogP contribution in [0.3, 0.4) is 0 Å². The predicted molar refractivity (Wildman–Crippen MR) is 83.2 cm³/mol. The molecule has 0 amide bonds. The number of hydrogen-bond acceptors (Lipinski definition) is 5. The molecule has 0 saturated carbocycles. The maximum absolute atomic E-state index is 11.1. The Morgan fingerprint density at radius 3 is 2.67 bits per heavy atom. The number of thiophene rings is 1. The number of carboxylic acids is 1. The average Bonchev–Trinajstić information content (AvgIpc) is 2.94. The zero-order valence-corrected chi connectivity index (χ0v) is 13.0. The molecule has 7 heteroatoms. The van der Waals surface area contributed by atoms with Crippen LogP contribution in [-0.2, 0) is 6.54 Å². The molecule has 0 aliphatic heterocycles. The zero-order valence-electron chi connectivity index (χ0n) is 11.5. The van der Waals surface area contributed by atoms with E-state index < -0.39 is 5.97 Å². The number of benzene rings is 1. The molecule has 1 heterocycles. The molecular formula is C14H14ClNO4S. The van der Waals surface area contributed by atoms with Gasteiger partial charge in [0.05, 0.1) is 24.9 Å². The van der Waals surface area contributed by atoms with E-state index in [9.17, 15) is 4.79 Å². The summed E-state index contributed by atoms with van der Waals surface area (Å²) in [4.78, 5) is 11.4. The van der Waals surface area contributed by atoms with Crippen molar-refractivity contribution >= 4 is 34.6 Å². The van der Waals surface area contributed by atoms with Crippen molar-refractivity contribution < 1.29 is 19.4 Å². The van der Waals surface area contributed by atoms with E-state index in [0.717, 1.165) is 0 Å². The molecular weight excluding hydrogens is 314 g/mol. The third kappa shape index (κ3) is 3.40. The van der Waals surface area contributed by atoms with Crippen molar-refractivity contribution in [3.63, 3.8) is 0 Å². The molecule has 0 unspecified atom stereocenters. The van der Waals surface area contributed by atoms with Gasteiger partial charge in [0, 0.05) is 18.7 Å². The zero-order chi connectivity index (χ0) is 15.4. The molecule has 21 heavy (non-hydrogen) atoms. The Balaban J connectivity index is 2.23. The highest BCUT2D eigenvalue weighted by Gasteiger charge is 2.13. The normalized spacial score (nSPS) is 10.2. The van der Waals surface area contributed by atoms with Gasteiger partial charge < -0.3 is 19.9 Å². The number of carboxylic acid groups (broad SMARTS) is 1. The lowest BCUT2D eigenvalue weighted by molar-refractivity contribution is 0.0701. The first kappa shape index (κ1) is 15.5. The first-order valence-electron chi connectivity index (χ1n) is 6.02. The van der Waals surface area contributed by atoms with Gasteiger partial charge in [0.25, 0.3) is 0 Å². The van der Waals surface area contributed by atoms with Crippen molar-refractivity contribution in [2.75, 3.05) is 19.5 Å². The van der Waals surface area contributed by atoms with Gasteiger partial charge in [-0.1, -0.05) is 11.6 Å². The SMILES string of the molecule is COc1cc(NCc2ccsc2C(=O)O)c(OC)cc1Cl. The fourth-order valence-electron chi connectivity index (χ4n) is 1.85. The Hall–Kier alpha value is -1.92. The largest absolute Gasteiger partial charge is 0.495 e. The van der Waals surface area contributed by atoms with Crippen LogP contribution in [0.2, 0.25) is 5.02 Å². The number of methoxy groups -OCH3 is 2. The molecule has 112 valence electrons. The molecule has 0 atom stereocenters. The molecule has 0 radical (unpaired) electrons. The van der Waals surface area contributed by atoms with Crippen LogP contribution in [0.1, 0.15) is 15.2 Å². The van der Waals surface area contributed by atoms with E-state index in [1.807, 2.05) is 0 Å². The highest BCUT2D eigenvalue weighted by Crippen LogP contribution is 2.36. The van der Waals surface area contributed by atoms with Crippen molar-refractivity contribution in [2.45, 2.75) is 6.54 Å². The summed E-state index contributed by atoms with van der Waals surface area (Å²) in [5.41, 5.74) is 1.39. The van der Waals surface area contributed by atoms with E-state index >= 15 is 0 Å². The minimum absolute atomic E-state index is 0.322. The molecule has 2 aromatic rings. The summed E-state index contributed by atoms with van der Waals surface area (Å²) in [6, 6.07) is 5.14. The maximum Gasteiger partial charge on any atom is 0.346 e. The smallest absolute Gasteiger partial charge is 0.346 e. The van der Waals surface area contributed by atoms with Crippen LogP contribution in [0, 0.1) is 0 Å². The Kier molecular flexibility index (Phi) is 4.93. The number of hydrogen-bond donors (Lipinski definition) is 2. The van der Waals surface area contributed by atoms with Crippen LogP contribution >= 0.6 is 22.9 Å². The fraction of sp³-hybridized carbons (Fsp3) is 0.214. The standard InChI is InChI=1S/C14H14ClNO4S/c1-19-11-6-10(12(20-2)5-9(11)15)16-7-8-3-4-21-13(8)14(17)18/h3-6,16H,7H2,1-2H3,(H,17,18). The Morgan fingerprint density at radius 1 is 1.33 bits per heavy atom. The highest BCUT2D eigenvalue weighted by molar-refractivity contribution is 7.12. The van der Waals surface area contributed by atoms with Crippen molar-refractivity contribution in [3.8, 4) is 11.5 Å². The second kappa shape index (κ2) is 6.69. The van der Waals surface area contributed by atoms with Crippen LogP contribution in [0.5, 0.6) is 11.5 Å². The number of anilines is 1. The minimum Gasteiger partial charge on any atom is -0.495 e. The molecule has 5 nitrogen and oxygen atoms in total. The van der Waals surface area contributed by atoms with E-state index in [-0.39, 0.29) is 0 Å². The monoisotopic (exact) mass is 327 g/mol. The Bertz CT molecular complexity index is 656. The van der Waals surface area contributed by atoms with Crippen LogP contribution in [0.4, 0.5) is 5.69 Å². The summed E-state index contributed by atoms with van der Waals surface area (Å²) in [5.74, 6) is 0.152. The van der Waals surface area contributed by atoms with E-state index in [1.54, 1.807) is 23.6 Å². The predicted octanol–water partition coefficient (Wildman–Crippen LogP) is 3.73. The first-order chi connectivity index (χ1) is 10.1. The van der Waals surface area contributed by atoms with Crippen molar-refractivity contribution in [1.82, 2.24) is 0 Å². The molecule has 0 saturated heterocycles. The molecule has 0 spiro atoms. The van der Waals surface area contributed by atoms with Gasteiger partial charge >= 0.3 is 5.97 Å². The Morgan fingerprint density at radius 2 is 2.05 bits per heavy atom. The Labute approximate surface area is 131 Å². The van der Waals surface area contributed by atoms with E-state index in [0.29, 0.717) is 39.2 Å².